The number of nitrogens with two attached hydrogens (primary N) is 1. The minimum atomic E-state index is -0.356. The zero-order chi connectivity index (χ0) is 13.3. The summed E-state index contributed by atoms with van der Waals surface area (Å²) in [5.74, 6) is 0.199. The molecule has 1 aliphatic heterocycles. The van der Waals surface area contributed by atoms with Crippen molar-refractivity contribution in [3.05, 3.63) is 29.3 Å². The van der Waals surface area contributed by atoms with Gasteiger partial charge in [-0.05, 0) is 44.0 Å². The van der Waals surface area contributed by atoms with E-state index in [9.17, 15) is 9.90 Å². The molecule has 1 aromatic carbocycles. The van der Waals surface area contributed by atoms with Gasteiger partial charge in [0.15, 0.2) is 0 Å². The number of benzene rings is 1. The lowest BCUT2D eigenvalue weighted by atomic mass is 10.0. The number of aliphatic hydroxyl groups is 1. The first-order valence-electron chi connectivity index (χ1n) is 6.32. The van der Waals surface area contributed by atoms with Crippen LogP contribution in [-0.4, -0.2) is 35.1 Å². The first-order chi connectivity index (χ1) is 8.47. The summed E-state index contributed by atoms with van der Waals surface area (Å²) in [5, 5.41) is 9.55. The minimum Gasteiger partial charge on any atom is -0.399 e. The number of amides is 1. The fraction of sp³-hybridized carbons (Fsp3) is 0.500. The van der Waals surface area contributed by atoms with Crippen molar-refractivity contribution < 1.29 is 9.90 Å². The molecule has 1 saturated heterocycles. The van der Waals surface area contributed by atoms with E-state index >= 15 is 0 Å². The Morgan fingerprint density at radius 1 is 1.50 bits per heavy atom. The lowest BCUT2D eigenvalue weighted by Gasteiger charge is -2.18. The zero-order valence-electron chi connectivity index (χ0n) is 10.9. The van der Waals surface area contributed by atoms with Crippen LogP contribution in [0.15, 0.2) is 18.2 Å². The third-order valence-corrected chi connectivity index (χ3v) is 3.54. The first kappa shape index (κ1) is 12.9. The van der Waals surface area contributed by atoms with Crippen molar-refractivity contribution in [2.45, 2.75) is 26.4 Å². The van der Waals surface area contributed by atoms with Crippen LogP contribution in [0.3, 0.4) is 0 Å². The van der Waals surface area contributed by atoms with Gasteiger partial charge >= 0.3 is 0 Å². The molecule has 1 aromatic rings. The number of rotatable bonds is 2. The Bertz CT molecular complexity index is 437. The van der Waals surface area contributed by atoms with Gasteiger partial charge in [0, 0.05) is 30.3 Å². The van der Waals surface area contributed by atoms with Crippen LogP contribution in [0.5, 0.6) is 0 Å². The molecule has 1 fully saturated rings. The summed E-state index contributed by atoms with van der Waals surface area (Å²) >= 11 is 0. The van der Waals surface area contributed by atoms with Crippen molar-refractivity contribution in [2.24, 2.45) is 5.92 Å². The number of hydrogen-bond acceptors (Lipinski definition) is 3. The van der Waals surface area contributed by atoms with E-state index in [1.807, 2.05) is 19.1 Å². The highest BCUT2D eigenvalue weighted by Crippen LogP contribution is 2.22. The summed E-state index contributed by atoms with van der Waals surface area (Å²) in [7, 11) is 0. The van der Waals surface area contributed by atoms with Gasteiger partial charge in [-0.15, -0.1) is 0 Å². The number of carbonyl (C=O) groups excluding carboxylic acids is 1. The molecule has 0 radical (unpaired) electrons. The predicted molar refractivity (Wildman–Crippen MR) is 71.3 cm³/mol. The highest BCUT2D eigenvalue weighted by Gasteiger charge is 2.29. The maximum absolute atomic E-state index is 12.3. The summed E-state index contributed by atoms with van der Waals surface area (Å²) in [5.41, 5.74) is 8.00. The summed E-state index contributed by atoms with van der Waals surface area (Å²) in [6, 6.07) is 5.42. The van der Waals surface area contributed by atoms with Gasteiger partial charge in [0.25, 0.3) is 5.91 Å². The highest BCUT2D eigenvalue weighted by molar-refractivity contribution is 5.95. The summed E-state index contributed by atoms with van der Waals surface area (Å²) < 4.78 is 0. The molecule has 0 aliphatic carbocycles. The Morgan fingerprint density at radius 2 is 2.22 bits per heavy atom. The Labute approximate surface area is 107 Å². The minimum absolute atomic E-state index is 0.00792. The molecular formula is C14H20N2O2. The van der Waals surface area contributed by atoms with Gasteiger partial charge in [-0.25, -0.2) is 0 Å². The van der Waals surface area contributed by atoms with Crippen molar-refractivity contribution in [3.8, 4) is 0 Å². The van der Waals surface area contributed by atoms with Gasteiger partial charge in [0.1, 0.15) is 0 Å². The maximum Gasteiger partial charge on any atom is 0.253 e. The molecule has 0 bridgehead atoms. The number of hydrogen-bond donors (Lipinski definition) is 2. The number of aliphatic hydroxyl groups excluding tert-OH is 1. The molecule has 2 unspecified atom stereocenters. The van der Waals surface area contributed by atoms with E-state index in [4.69, 9.17) is 5.73 Å². The van der Waals surface area contributed by atoms with Crippen LogP contribution in [0.1, 0.15) is 29.3 Å². The van der Waals surface area contributed by atoms with Crippen LogP contribution in [-0.2, 0) is 0 Å². The van der Waals surface area contributed by atoms with Gasteiger partial charge in [0.2, 0.25) is 0 Å². The fourth-order valence-electron chi connectivity index (χ4n) is 2.48. The number of aryl methyl sites for hydroxylation is 1. The number of nitrogens with zero attached hydrogens (tertiary/aromatic N) is 1. The number of anilines is 1. The van der Waals surface area contributed by atoms with Crippen molar-refractivity contribution >= 4 is 11.6 Å². The quantitative estimate of drug-likeness (QED) is 0.778. The molecule has 0 saturated carbocycles. The van der Waals surface area contributed by atoms with Gasteiger partial charge in [-0.1, -0.05) is 0 Å². The first-order valence-corrected chi connectivity index (χ1v) is 6.32. The molecule has 4 heteroatoms. The van der Waals surface area contributed by atoms with Crippen LogP contribution in [0.2, 0.25) is 0 Å². The second kappa shape index (κ2) is 4.98. The Morgan fingerprint density at radius 3 is 2.78 bits per heavy atom. The van der Waals surface area contributed by atoms with E-state index in [0.29, 0.717) is 24.3 Å². The average Bonchev–Trinajstić information content (AvgIpc) is 2.75. The largest absolute Gasteiger partial charge is 0.399 e. The monoisotopic (exact) mass is 248 g/mol. The molecular weight excluding hydrogens is 228 g/mol. The highest BCUT2D eigenvalue weighted by atomic mass is 16.3. The van der Waals surface area contributed by atoms with Gasteiger partial charge in [0.05, 0.1) is 6.10 Å². The topological polar surface area (TPSA) is 66.6 Å². The van der Waals surface area contributed by atoms with Crippen LogP contribution < -0.4 is 5.73 Å². The Balaban J connectivity index is 2.12. The molecule has 0 spiro atoms. The lowest BCUT2D eigenvalue weighted by Crippen LogP contribution is -2.30. The van der Waals surface area contributed by atoms with E-state index in [-0.39, 0.29) is 17.9 Å². The van der Waals surface area contributed by atoms with Crippen LogP contribution in [0, 0.1) is 12.8 Å². The third kappa shape index (κ3) is 2.64. The zero-order valence-corrected chi connectivity index (χ0v) is 10.9. The van der Waals surface area contributed by atoms with Crippen molar-refractivity contribution in [1.29, 1.82) is 0 Å². The Hall–Kier alpha value is -1.55. The molecule has 1 heterocycles. The molecule has 3 N–H and O–H groups in total. The molecule has 18 heavy (non-hydrogen) atoms. The van der Waals surface area contributed by atoms with Crippen LogP contribution >= 0.6 is 0 Å². The normalized spacial score (nSPS) is 21.1. The molecule has 98 valence electrons. The molecule has 2 rings (SSSR count). The van der Waals surface area contributed by atoms with E-state index in [2.05, 4.69) is 0 Å². The Kier molecular flexibility index (Phi) is 3.57. The number of likely N-dealkylation sites (tertiary alicyclic amines) is 1. The smallest absolute Gasteiger partial charge is 0.253 e. The van der Waals surface area contributed by atoms with Gasteiger partial charge in [-0.3, -0.25) is 4.79 Å². The van der Waals surface area contributed by atoms with Crippen molar-refractivity contribution in [2.75, 3.05) is 18.8 Å². The van der Waals surface area contributed by atoms with E-state index in [0.717, 1.165) is 12.0 Å². The van der Waals surface area contributed by atoms with Crippen molar-refractivity contribution in [3.63, 3.8) is 0 Å². The second-order valence-corrected chi connectivity index (χ2v) is 5.17. The van der Waals surface area contributed by atoms with Gasteiger partial charge < -0.3 is 15.7 Å². The molecule has 2 atom stereocenters. The molecule has 1 amide bonds. The standard InChI is InChI=1S/C14H20N2O2/c1-9-5-12(7-13(15)6-9)14(18)16-4-3-11(8-16)10(2)17/h5-7,10-11,17H,3-4,8,15H2,1-2H3. The summed E-state index contributed by atoms with van der Waals surface area (Å²) in [6.45, 7) is 5.05. The predicted octanol–water partition coefficient (Wildman–Crippen LogP) is 1.42. The third-order valence-electron chi connectivity index (χ3n) is 3.54. The van der Waals surface area contributed by atoms with Crippen LogP contribution in [0.25, 0.3) is 0 Å². The average molecular weight is 248 g/mol. The molecule has 1 aliphatic rings. The summed E-state index contributed by atoms with van der Waals surface area (Å²) in [6.07, 6.45) is 0.510. The summed E-state index contributed by atoms with van der Waals surface area (Å²) in [4.78, 5) is 14.1. The van der Waals surface area contributed by atoms with Crippen LogP contribution in [0.4, 0.5) is 5.69 Å². The van der Waals surface area contributed by atoms with Crippen molar-refractivity contribution in [1.82, 2.24) is 4.90 Å². The van der Waals surface area contributed by atoms with E-state index < -0.39 is 0 Å². The fourth-order valence-corrected chi connectivity index (χ4v) is 2.48. The second-order valence-electron chi connectivity index (χ2n) is 5.17. The van der Waals surface area contributed by atoms with E-state index in [1.54, 1.807) is 17.9 Å². The lowest BCUT2D eigenvalue weighted by molar-refractivity contribution is 0.0762. The molecule has 4 nitrogen and oxygen atoms in total. The SMILES string of the molecule is Cc1cc(N)cc(C(=O)N2CCC(C(C)O)C2)c1. The van der Waals surface area contributed by atoms with Gasteiger partial charge in [-0.2, -0.15) is 0 Å². The van der Waals surface area contributed by atoms with E-state index in [1.165, 1.54) is 0 Å². The number of nitrogen functional groups attached to an aromatic ring is 1. The maximum atomic E-state index is 12.3. The number of carbonyl (C=O) groups is 1. The molecule has 0 aromatic heterocycles.